The molecular formula is C26H20F3N3O2. The van der Waals surface area contributed by atoms with E-state index in [1.165, 1.54) is 19.1 Å². The molecule has 1 atom stereocenters. The normalized spacial score (nSPS) is 13.3. The van der Waals surface area contributed by atoms with Crippen LogP contribution in [0.5, 0.6) is 0 Å². The molecule has 1 aromatic heterocycles. The molecule has 4 aromatic rings. The first-order chi connectivity index (χ1) is 16.1. The second-order valence-electron chi connectivity index (χ2n) is 8.18. The van der Waals surface area contributed by atoms with Gasteiger partial charge >= 0.3 is 6.18 Å². The summed E-state index contributed by atoms with van der Waals surface area (Å²) in [5.74, 6) is -0.868. The third-order valence-corrected chi connectivity index (χ3v) is 5.55. The summed E-state index contributed by atoms with van der Waals surface area (Å²) in [6.07, 6.45) is -3.01. The van der Waals surface area contributed by atoms with Gasteiger partial charge in [-0.25, -0.2) is 0 Å². The summed E-state index contributed by atoms with van der Waals surface area (Å²) in [5, 5.41) is 23.0. The SMILES string of the molecule is C[C@](O)(Cn1ccc2cc(-c3ccccc3)ccc21)C(=O)Nc1ccc(C#N)c(C(F)(F)F)c1. The van der Waals surface area contributed by atoms with Crippen LogP contribution in [0.4, 0.5) is 18.9 Å². The second kappa shape index (κ2) is 8.69. The molecule has 3 aromatic carbocycles. The van der Waals surface area contributed by atoms with Crippen molar-refractivity contribution < 1.29 is 23.1 Å². The van der Waals surface area contributed by atoms with E-state index in [2.05, 4.69) is 5.32 Å². The van der Waals surface area contributed by atoms with Gasteiger partial charge in [0.05, 0.1) is 23.7 Å². The number of nitrogens with one attached hydrogen (secondary N) is 1. The van der Waals surface area contributed by atoms with Crippen molar-refractivity contribution >= 4 is 22.5 Å². The molecule has 0 aliphatic carbocycles. The van der Waals surface area contributed by atoms with E-state index in [4.69, 9.17) is 5.26 Å². The van der Waals surface area contributed by atoms with Crippen LogP contribution in [0.2, 0.25) is 0 Å². The average Bonchev–Trinajstić information content (AvgIpc) is 3.20. The quantitative estimate of drug-likeness (QED) is 0.405. The molecule has 0 radical (unpaired) electrons. The maximum Gasteiger partial charge on any atom is 0.417 e. The third-order valence-electron chi connectivity index (χ3n) is 5.55. The number of nitrogens with zero attached hydrogens (tertiary/aromatic N) is 2. The van der Waals surface area contributed by atoms with Gasteiger partial charge in [0.25, 0.3) is 5.91 Å². The van der Waals surface area contributed by atoms with Gasteiger partial charge in [-0.3, -0.25) is 4.79 Å². The Labute approximate surface area is 193 Å². The van der Waals surface area contributed by atoms with Gasteiger partial charge in [0.2, 0.25) is 0 Å². The molecule has 0 saturated heterocycles. The number of carbonyl (C=O) groups excluding carboxylic acids is 1. The molecule has 0 bridgehead atoms. The number of anilines is 1. The lowest BCUT2D eigenvalue weighted by molar-refractivity contribution is -0.138. The molecule has 34 heavy (non-hydrogen) atoms. The number of rotatable bonds is 5. The fourth-order valence-electron chi connectivity index (χ4n) is 3.77. The number of amides is 1. The molecule has 0 saturated carbocycles. The summed E-state index contributed by atoms with van der Waals surface area (Å²) < 4.78 is 41.3. The van der Waals surface area contributed by atoms with Crippen LogP contribution in [0.1, 0.15) is 18.1 Å². The van der Waals surface area contributed by atoms with Crippen LogP contribution in [0.25, 0.3) is 22.0 Å². The first-order valence-corrected chi connectivity index (χ1v) is 10.4. The summed E-state index contributed by atoms with van der Waals surface area (Å²) in [5.41, 5.74) is -0.909. The van der Waals surface area contributed by atoms with Crippen molar-refractivity contribution in [1.82, 2.24) is 4.57 Å². The van der Waals surface area contributed by atoms with Crippen LogP contribution in [-0.2, 0) is 17.5 Å². The van der Waals surface area contributed by atoms with E-state index >= 15 is 0 Å². The Morgan fingerprint density at radius 2 is 1.76 bits per heavy atom. The number of benzene rings is 3. The number of carbonyl (C=O) groups is 1. The molecule has 8 heteroatoms. The summed E-state index contributed by atoms with van der Waals surface area (Å²) in [7, 11) is 0. The Kier molecular flexibility index (Phi) is 5.90. The Hall–Kier alpha value is -4.09. The molecule has 4 rings (SSSR count). The van der Waals surface area contributed by atoms with Crippen molar-refractivity contribution in [1.29, 1.82) is 5.26 Å². The number of hydrogen-bond acceptors (Lipinski definition) is 3. The zero-order valence-corrected chi connectivity index (χ0v) is 18.1. The molecule has 1 heterocycles. The minimum absolute atomic E-state index is 0.116. The van der Waals surface area contributed by atoms with Crippen molar-refractivity contribution in [2.45, 2.75) is 25.2 Å². The Morgan fingerprint density at radius 3 is 2.44 bits per heavy atom. The molecule has 172 valence electrons. The van der Waals surface area contributed by atoms with Crippen LogP contribution in [-0.4, -0.2) is 21.2 Å². The zero-order chi connectivity index (χ0) is 24.5. The molecule has 5 nitrogen and oxygen atoms in total. The third kappa shape index (κ3) is 4.65. The Balaban J connectivity index is 1.55. The van der Waals surface area contributed by atoms with Crippen molar-refractivity contribution in [2.75, 3.05) is 5.32 Å². The van der Waals surface area contributed by atoms with Gasteiger partial charge in [0, 0.05) is 22.8 Å². The fraction of sp³-hybridized carbons (Fsp3) is 0.154. The summed E-state index contributed by atoms with van der Waals surface area (Å²) in [6.45, 7) is 1.18. The molecule has 0 fully saturated rings. The van der Waals surface area contributed by atoms with Crippen LogP contribution < -0.4 is 5.32 Å². The van der Waals surface area contributed by atoms with Gasteiger partial charge in [-0.2, -0.15) is 18.4 Å². The monoisotopic (exact) mass is 463 g/mol. The Morgan fingerprint density at radius 1 is 1.03 bits per heavy atom. The van der Waals surface area contributed by atoms with Crippen molar-refractivity contribution in [3.05, 3.63) is 90.1 Å². The number of hydrogen-bond donors (Lipinski definition) is 2. The smallest absolute Gasteiger partial charge is 0.378 e. The Bertz CT molecular complexity index is 1400. The molecule has 0 unspecified atom stereocenters. The first kappa shape index (κ1) is 23.1. The first-order valence-electron chi connectivity index (χ1n) is 10.4. The lowest BCUT2D eigenvalue weighted by Crippen LogP contribution is -2.43. The zero-order valence-electron chi connectivity index (χ0n) is 18.1. The fourth-order valence-corrected chi connectivity index (χ4v) is 3.77. The summed E-state index contributed by atoms with van der Waals surface area (Å²) >= 11 is 0. The van der Waals surface area contributed by atoms with E-state index in [1.807, 2.05) is 54.6 Å². The molecule has 0 spiro atoms. The van der Waals surface area contributed by atoms with E-state index in [9.17, 15) is 23.1 Å². The van der Waals surface area contributed by atoms with Crippen molar-refractivity contribution in [2.24, 2.45) is 0 Å². The maximum atomic E-state index is 13.2. The van der Waals surface area contributed by atoms with Crippen molar-refractivity contribution in [3.8, 4) is 17.2 Å². The van der Waals surface area contributed by atoms with Gasteiger partial charge < -0.3 is 15.0 Å². The highest BCUT2D eigenvalue weighted by molar-refractivity contribution is 5.97. The minimum Gasteiger partial charge on any atom is -0.378 e. The van der Waals surface area contributed by atoms with Gasteiger partial charge in [0.1, 0.15) is 0 Å². The maximum absolute atomic E-state index is 13.2. The predicted molar refractivity (Wildman–Crippen MR) is 123 cm³/mol. The van der Waals surface area contributed by atoms with Crippen LogP contribution in [0.3, 0.4) is 0 Å². The van der Waals surface area contributed by atoms with E-state index in [0.717, 1.165) is 28.1 Å². The highest BCUT2D eigenvalue weighted by Gasteiger charge is 2.35. The van der Waals surface area contributed by atoms with Crippen LogP contribution in [0, 0.1) is 11.3 Å². The lowest BCUT2D eigenvalue weighted by atomic mass is 10.0. The molecular weight excluding hydrogens is 443 g/mol. The number of nitriles is 1. The number of fused-ring (bicyclic) bond motifs is 1. The van der Waals surface area contributed by atoms with Crippen LogP contribution in [0.15, 0.2) is 79.0 Å². The highest BCUT2D eigenvalue weighted by atomic mass is 19.4. The molecule has 1 amide bonds. The van der Waals surface area contributed by atoms with E-state index in [0.29, 0.717) is 6.07 Å². The largest absolute Gasteiger partial charge is 0.417 e. The molecule has 2 N–H and O–H groups in total. The van der Waals surface area contributed by atoms with E-state index in [1.54, 1.807) is 10.8 Å². The van der Waals surface area contributed by atoms with Gasteiger partial charge in [-0.15, -0.1) is 0 Å². The molecule has 0 aliphatic rings. The van der Waals surface area contributed by atoms with E-state index < -0.39 is 28.8 Å². The van der Waals surface area contributed by atoms with E-state index in [-0.39, 0.29) is 12.2 Å². The lowest BCUT2D eigenvalue weighted by Gasteiger charge is -2.24. The predicted octanol–water partition coefficient (Wildman–Crippen LogP) is 5.59. The summed E-state index contributed by atoms with van der Waals surface area (Å²) in [4.78, 5) is 12.7. The van der Waals surface area contributed by atoms with Crippen LogP contribution >= 0.6 is 0 Å². The number of alkyl halides is 3. The van der Waals surface area contributed by atoms with Crippen molar-refractivity contribution in [3.63, 3.8) is 0 Å². The van der Waals surface area contributed by atoms with Gasteiger partial charge in [-0.05, 0) is 54.4 Å². The van der Waals surface area contributed by atoms with Gasteiger partial charge in [0.15, 0.2) is 5.60 Å². The number of halogens is 3. The minimum atomic E-state index is -4.75. The standard InChI is InChI=1S/C26H20F3N3O2/c1-25(34,24(33)31-21-9-7-20(15-30)22(14-21)26(27,28)29)16-32-12-11-19-13-18(8-10-23(19)32)17-5-3-2-4-6-17/h2-14,34H,16H2,1H3,(H,31,33)/t25-/m0/s1. The number of aromatic nitrogens is 1. The molecule has 0 aliphatic heterocycles. The summed E-state index contributed by atoms with van der Waals surface area (Å²) in [6, 6.07) is 21.9. The number of aliphatic hydroxyl groups is 1. The second-order valence-corrected chi connectivity index (χ2v) is 8.18. The highest BCUT2D eigenvalue weighted by Crippen LogP contribution is 2.34. The topological polar surface area (TPSA) is 78.1 Å². The average molecular weight is 463 g/mol. The van der Waals surface area contributed by atoms with Gasteiger partial charge in [-0.1, -0.05) is 36.4 Å².